The molecule has 3 heteroatoms. The molecule has 1 saturated heterocycles. The summed E-state index contributed by atoms with van der Waals surface area (Å²) < 4.78 is 0. The van der Waals surface area contributed by atoms with Crippen molar-refractivity contribution in [2.45, 2.75) is 44.7 Å². The molecule has 2 N–H and O–H groups in total. The minimum atomic E-state index is 0.869. The molecule has 0 spiro atoms. The first-order valence-corrected chi connectivity index (χ1v) is 8.61. The van der Waals surface area contributed by atoms with Crippen LogP contribution in [0.1, 0.15) is 37.7 Å². The maximum atomic E-state index is 6.07. The molecule has 2 nitrogen and oxygen atoms in total. The highest BCUT2D eigenvalue weighted by Crippen LogP contribution is 2.15. The Hall–Kier alpha value is -0.570. The van der Waals surface area contributed by atoms with Crippen molar-refractivity contribution in [2.24, 2.45) is 0 Å². The van der Waals surface area contributed by atoms with E-state index in [4.69, 9.17) is 11.6 Å². The Kier molecular flexibility index (Phi) is 4.98. The van der Waals surface area contributed by atoms with Gasteiger partial charge in [-0.05, 0) is 37.8 Å². The van der Waals surface area contributed by atoms with Crippen molar-refractivity contribution in [3.05, 3.63) is 34.9 Å². The lowest BCUT2D eigenvalue weighted by molar-refractivity contribution is -1.03. The fourth-order valence-corrected chi connectivity index (χ4v) is 4.17. The molecule has 1 heterocycles. The summed E-state index contributed by atoms with van der Waals surface area (Å²) in [6.45, 7) is 6.50. The monoisotopic (exact) mass is 294 g/mol. The maximum Gasteiger partial charge on any atom is 0.127 e. The lowest BCUT2D eigenvalue weighted by Crippen LogP contribution is -3.29. The summed E-state index contributed by atoms with van der Waals surface area (Å²) in [6.07, 6.45) is 7.34. The predicted molar refractivity (Wildman–Crippen MR) is 83.4 cm³/mol. The second-order valence-electron chi connectivity index (χ2n) is 6.55. The van der Waals surface area contributed by atoms with Crippen LogP contribution in [-0.4, -0.2) is 32.2 Å². The number of rotatable bonds is 3. The first-order chi connectivity index (χ1) is 9.81. The second kappa shape index (κ2) is 6.93. The van der Waals surface area contributed by atoms with Crippen LogP contribution >= 0.6 is 11.6 Å². The number of quaternary nitrogens is 2. The lowest BCUT2D eigenvalue weighted by atomic mass is 9.94. The number of benzene rings is 1. The molecule has 1 aliphatic heterocycles. The predicted octanol–water partition coefficient (Wildman–Crippen LogP) is 0.956. The first-order valence-electron chi connectivity index (χ1n) is 8.24. The van der Waals surface area contributed by atoms with Gasteiger partial charge in [-0.1, -0.05) is 30.2 Å². The molecular formula is C17H27ClN2+2. The molecular weight excluding hydrogens is 268 g/mol. The minimum absolute atomic E-state index is 0.869. The van der Waals surface area contributed by atoms with Crippen molar-refractivity contribution >= 4 is 11.6 Å². The van der Waals surface area contributed by atoms with Crippen molar-refractivity contribution in [2.75, 3.05) is 26.2 Å². The van der Waals surface area contributed by atoms with Crippen LogP contribution in [0.4, 0.5) is 0 Å². The van der Waals surface area contributed by atoms with Gasteiger partial charge in [-0.2, -0.15) is 0 Å². The highest BCUT2D eigenvalue weighted by atomic mass is 35.5. The molecule has 1 aromatic carbocycles. The molecule has 2 aliphatic rings. The molecule has 0 bridgehead atoms. The molecule has 0 aromatic heterocycles. The Balaban J connectivity index is 1.48. The molecule has 0 unspecified atom stereocenters. The van der Waals surface area contributed by atoms with Gasteiger partial charge in [0.15, 0.2) is 0 Å². The summed E-state index contributed by atoms with van der Waals surface area (Å²) in [5.41, 5.74) is 1.38. The second-order valence-corrected chi connectivity index (χ2v) is 6.99. The van der Waals surface area contributed by atoms with Crippen molar-refractivity contribution in [3.63, 3.8) is 0 Å². The van der Waals surface area contributed by atoms with E-state index in [9.17, 15) is 0 Å². The molecule has 3 rings (SSSR count). The fourth-order valence-electron chi connectivity index (χ4n) is 3.96. The van der Waals surface area contributed by atoms with E-state index in [2.05, 4.69) is 18.2 Å². The van der Waals surface area contributed by atoms with Gasteiger partial charge in [0.25, 0.3) is 0 Å². The molecule has 20 heavy (non-hydrogen) atoms. The molecule has 110 valence electrons. The quantitative estimate of drug-likeness (QED) is 0.822. The lowest BCUT2D eigenvalue weighted by Gasteiger charge is -2.36. The largest absolute Gasteiger partial charge is 0.323 e. The third-order valence-corrected chi connectivity index (χ3v) is 5.36. The zero-order valence-corrected chi connectivity index (χ0v) is 13.1. The minimum Gasteiger partial charge on any atom is -0.323 e. The number of piperazine rings is 1. The highest BCUT2D eigenvalue weighted by Gasteiger charge is 2.30. The van der Waals surface area contributed by atoms with Crippen LogP contribution < -0.4 is 9.80 Å². The van der Waals surface area contributed by atoms with Crippen LogP contribution in [-0.2, 0) is 6.54 Å². The number of hydrogen-bond acceptors (Lipinski definition) is 0. The molecule has 2 fully saturated rings. The third kappa shape index (κ3) is 3.75. The molecule has 0 radical (unpaired) electrons. The zero-order chi connectivity index (χ0) is 13.8. The van der Waals surface area contributed by atoms with E-state index in [1.807, 2.05) is 11.0 Å². The summed E-state index contributed by atoms with van der Waals surface area (Å²) in [7, 11) is 0. The van der Waals surface area contributed by atoms with Gasteiger partial charge in [0.1, 0.15) is 32.7 Å². The highest BCUT2D eigenvalue weighted by molar-refractivity contribution is 6.30. The number of nitrogens with one attached hydrogen (secondary N) is 2. The topological polar surface area (TPSA) is 8.88 Å². The van der Waals surface area contributed by atoms with Crippen LogP contribution in [0.5, 0.6) is 0 Å². The van der Waals surface area contributed by atoms with Crippen LogP contribution in [0.25, 0.3) is 0 Å². The third-order valence-electron chi connectivity index (χ3n) is 5.13. The van der Waals surface area contributed by atoms with E-state index in [1.165, 1.54) is 63.8 Å². The van der Waals surface area contributed by atoms with E-state index >= 15 is 0 Å². The van der Waals surface area contributed by atoms with Gasteiger partial charge in [-0.25, -0.2) is 0 Å². The number of hydrogen-bond donors (Lipinski definition) is 2. The van der Waals surface area contributed by atoms with E-state index < -0.39 is 0 Å². The molecule has 0 atom stereocenters. The summed E-state index contributed by atoms with van der Waals surface area (Å²) in [6, 6.07) is 9.33. The van der Waals surface area contributed by atoms with Gasteiger partial charge in [0, 0.05) is 10.6 Å². The van der Waals surface area contributed by atoms with Crippen molar-refractivity contribution in [3.8, 4) is 0 Å². The Labute approximate surface area is 127 Å². The fraction of sp³-hybridized carbons (Fsp3) is 0.647. The van der Waals surface area contributed by atoms with Crippen molar-refractivity contribution in [1.82, 2.24) is 0 Å². The van der Waals surface area contributed by atoms with Gasteiger partial charge in [-0.3, -0.25) is 0 Å². The van der Waals surface area contributed by atoms with Gasteiger partial charge in [-0.15, -0.1) is 0 Å². The van der Waals surface area contributed by atoms with Gasteiger partial charge < -0.3 is 9.80 Å². The Morgan fingerprint density at radius 2 is 1.75 bits per heavy atom. The standard InChI is InChI=1S/C17H25ClN2/c18-16-6-4-5-15(13-16)14-19-9-11-20(12-10-19)17-7-2-1-3-8-17/h4-6,13,17H,1-3,7-12,14H2/p+2. The number of halogens is 1. The first kappa shape index (κ1) is 14.4. The summed E-state index contributed by atoms with van der Waals surface area (Å²) in [5.74, 6) is 0. The SMILES string of the molecule is Clc1cccc(C[NH+]2CC[NH+](C3CCCCC3)CC2)c1. The van der Waals surface area contributed by atoms with Crippen molar-refractivity contribution in [1.29, 1.82) is 0 Å². The van der Waals surface area contributed by atoms with Crippen LogP contribution in [0.2, 0.25) is 5.02 Å². The molecule has 1 aromatic rings. The summed E-state index contributed by atoms with van der Waals surface area (Å²) in [4.78, 5) is 3.62. The van der Waals surface area contributed by atoms with Gasteiger partial charge in [0.2, 0.25) is 0 Å². The molecule has 1 aliphatic carbocycles. The summed E-state index contributed by atoms with van der Waals surface area (Å²) >= 11 is 6.07. The maximum absolute atomic E-state index is 6.07. The van der Waals surface area contributed by atoms with Gasteiger partial charge >= 0.3 is 0 Å². The summed E-state index contributed by atoms with van der Waals surface area (Å²) in [5, 5.41) is 0.869. The van der Waals surface area contributed by atoms with Gasteiger partial charge in [0.05, 0.1) is 6.04 Å². The van der Waals surface area contributed by atoms with E-state index in [1.54, 1.807) is 4.90 Å². The van der Waals surface area contributed by atoms with E-state index in [-0.39, 0.29) is 0 Å². The Bertz CT molecular complexity index is 421. The Morgan fingerprint density at radius 3 is 2.45 bits per heavy atom. The zero-order valence-electron chi connectivity index (χ0n) is 12.3. The molecule has 0 amide bonds. The average molecular weight is 295 g/mol. The average Bonchev–Trinajstić information content (AvgIpc) is 2.49. The van der Waals surface area contributed by atoms with E-state index in [0.717, 1.165) is 17.6 Å². The van der Waals surface area contributed by atoms with Crippen LogP contribution in [0.15, 0.2) is 24.3 Å². The van der Waals surface area contributed by atoms with E-state index in [0.29, 0.717) is 0 Å². The van der Waals surface area contributed by atoms with Crippen LogP contribution in [0.3, 0.4) is 0 Å². The smallest absolute Gasteiger partial charge is 0.127 e. The Morgan fingerprint density at radius 1 is 1.00 bits per heavy atom. The van der Waals surface area contributed by atoms with Crippen LogP contribution in [0, 0.1) is 0 Å². The van der Waals surface area contributed by atoms with Crippen molar-refractivity contribution < 1.29 is 9.80 Å². The molecule has 1 saturated carbocycles. The normalized spacial score (nSPS) is 28.4.